The third kappa shape index (κ3) is 2.49. The van der Waals surface area contributed by atoms with Gasteiger partial charge in [0.05, 0.1) is 5.52 Å². The first-order chi connectivity index (χ1) is 12.9. The number of aromatic amines is 1. The van der Waals surface area contributed by atoms with E-state index in [1.54, 1.807) is 0 Å². The number of aromatic nitrogens is 1. The van der Waals surface area contributed by atoms with Gasteiger partial charge < -0.3 is 4.98 Å². The van der Waals surface area contributed by atoms with Gasteiger partial charge in [0.25, 0.3) is 0 Å². The molecule has 0 atom stereocenters. The summed E-state index contributed by atoms with van der Waals surface area (Å²) in [5, 5.41) is 5.18. The number of benzene rings is 4. The fourth-order valence-corrected chi connectivity index (χ4v) is 3.79. The van der Waals surface area contributed by atoms with Crippen LogP contribution >= 0.6 is 0 Å². The highest BCUT2D eigenvalue weighted by Crippen LogP contribution is 2.30. The molecule has 1 heteroatoms. The van der Waals surface area contributed by atoms with Crippen molar-refractivity contribution in [3.05, 3.63) is 102 Å². The SMILES string of the molecule is C1=Cc2ccccc2C1.c1ccc2c(c1)ccc1c3ccccc3[nH]c21. The van der Waals surface area contributed by atoms with Crippen LogP contribution < -0.4 is 0 Å². The van der Waals surface area contributed by atoms with Gasteiger partial charge in [0, 0.05) is 21.7 Å². The van der Waals surface area contributed by atoms with E-state index in [9.17, 15) is 0 Å². The molecule has 1 aliphatic carbocycles. The van der Waals surface area contributed by atoms with Crippen LogP contribution in [-0.4, -0.2) is 4.98 Å². The highest BCUT2D eigenvalue weighted by Gasteiger charge is 2.06. The highest BCUT2D eigenvalue weighted by atomic mass is 14.7. The fourth-order valence-electron chi connectivity index (χ4n) is 3.79. The van der Waals surface area contributed by atoms with Crippen LogP contribution in [0.25, 0.3) is 38.7 Å². The lowest BCUT2D eigenvalue weighted by Crippen LogP contribution is -1.76. The van der Waals surface area contributed by atoms with E-state index in [1.807, 2.05) is 0 Å². The smallest absolute Gasteiger partial charge is 0.0544 e. The number of rotatable bonds is 0. The van der Waals surface area contributed by atoms with Crippen molar-refractivity contribution in [2.45, 2.75) is 6.42 Å². The standard InChI is InChI=1S/C16H11N.C9H8/c1-2-6-12-11(5-1)9-10-14-13-7-3-4-8-15(13)17-16(12)14;1-2-5-9-7-3-6-8(9)4-1/h1-10,17H;1-6H,7H2. The Bertz CT molecular complexity index is 1260. The number of nitrogens with one attached hydrogen (secondary N) is 1. The average molecular weight is 333 g/mol. The van der Waals surface area contributed by atoms with E-state index in [1.165, 1.54) is 43.7 Å². The predicted octanol–water partition coefficient (Wildman–Crippen LogP) is 6.73. The summed E-state index contributed by atoms with van der Waals surface area (Å²) in [6.45, 7) is 0. The van der Waals surface area contributed by atoms with Gasteiger partial charge in [-0.05, 0) is 29.0 Å². The van der Waals surface area contributed by atoms with E-state index < -0.39 is 0 Å². The quantitative estimate of drug-likeness (QED) is 0.323. The largest absolute Gasteiger partial charge is 0.354 e. The van der Waals surface area contributed by atoms with Gasteiger partial charge in [0.15, 0.2) is 0 Å². The number of para-hydroxylation sites is 1. The maximum Gasteiger partial charge on any atom is 0.0544 e. The maximum atomic E-state index is 3.52. The molecule has 1 aromatic heterocycles. The zero-order valence-electron chi connectivity index (χ0n) is 14.4. The highest BCUT2D eigenvalue weighted by molar-refractivity contribution is 6.16. The first kappa shape index (κ1) is 15.0. The Balaban J connectivity index is 0.000000141. The summed E-state index contributed by atoms with van der Waals surface area (Å²) in [5.41, 5.74) is 5.29. The van der Waals surface area contributed by atoms with Crippen LogP contribution in [-0.2, 0) is 6.42 Å². The zero-order valence-corrected chi connectivity index (χ0v) is 14.4. The summed E-state index contributed by atoms with van der Waals surface area (Å²) < 4.78 is 0. The van der Waals surface area contributed by atoms with Crippen LogP contribution in [0.1, 0.15) is 11.1 Å². The van der Waals surface area contributed by atoms with Crippen molar-refractivity contribution < 1.29 is 0 Å². The van der Waals surface area contributed by atoms with Crippen LogP contribution in [0.5, 0.6) is 0 Å². The summed E-state index contributed by atoms with van der Waals surface area (Å²) in [7, 11) is 0. The van der Waals surface area contributed by atoms with Gasteiger partial charge >= 0.3 is 0 Å². The molecule has 1 aliphatic rings. The maximum absolute atomic E-state index is 3.52. The fraction of sp³-hybridized carbons (Fsp3) is 0.0400. The molecule has 26 heavy (non-hydrogen) atoms. The molecule has 0 saturated carbocycles. The van der Waals surface area contributed by atoms with E-state index >= 15 is 0 Å². The third-order valence-corrected chi connectivity index (χ3v) is 5.10. The molecular weight excluding hydrogens is 314 g/mol. The van der Waals surface area contributed by atoms with Crippen LogP contribution in [0.15, 0.2) is 91.0 Å². The number of hydrogen-bond donors (Lipinski definition) is 1. The van der Waals surface area contributed by atoms with Crippen LogP contribution in [0.2, 0.25) is 0 Å². The van der Waals surface area contributed by atoms with Gasteiger partial charge in [-0.3, -0.25) is 0 Å². The van der Waals surface area contributed by atoms with Crippen LogP contribution in [0.3, 0.4) is 0 Å². The van der Waals surface area contributed by atoms with Gasteiger partial charge in [-0.2, -0.15) is 0 Å². The number of hydrogen-bond acceptors (Lipinski definition) is 0. The van der Waals surface area contributed by atoms with E-state index in [2.05, 4.69) is 102 Å². The minimum Gasteiger partial charge on any atom is -0.354 e. The van der Waals surface area contributed by atoms with Crippen molar-refractivity contribution >= 4 is 38.7 Å². The van der Waals surface area contributed by atoms with E-state index in [0.29, 0.717) is 0 Å². The first-order valence-electron chi connectivity index (χ1n) is 9.03. The molecule has 6 rings (SSSR count). The molecule has 4 aromatic carbocycles. The molecule has 0 unspecified atom stereocenters. The molecule has 0 fully saturated rings. The third-order valence-electron chi connectivity index (χ3n) is 5.10. The summed E-state index contributed by atoms with van der Waals surface area (Å²) in [4.78, 5) is 3.52. The summed E-state index contributed by atoms with van der Waals surface area (Å²) >= 11 is 0. The van der Waals surface area contributed by atoms with Crippen LogP contribution in [0.4, 0.5) is 0 Å². The van der Waals surface area contributed by atoms with Gasteiger partial charge in [-0.15, -0.1) is 0 Å². The summed E-state index contributed by atoms with van der Waals surface area (Å²) in [6.07, 6.45) is 5.50. The predicted molar refractivity (Wildman–Crippen MR) is 112 cm³/mol. The van der Waals surface area contributed by atoms with Crippen molar-refractivity contribution in [1.82, 2.24) is 4.98 Å². The Morgan fingerprint density at radius 1 is 0.615 bits per heavy atom. The van der Waals surface area contributed by atoms with Gasteiger partial charge in [-0.25, -0.2) is 0 Å². The van der Waals surface area contributed by atoms with Crippen LogP contribution in [0, 0.1) is 0 Å². The van der Waals surface area contributed by atoms with Gasteiger partial charge in [-0.1, -0.05) is 91.0 Å². The second-order valence-electron chi connectivity index (χ2n) is 6.69. The molecule has 1 N–H and O–H groups in total. The summed E-state index contributed by atoms with van der Waals surface area (Å²) in [6, 6.07) is 29.8. The Labute approximate surface area is 152 Å². The number of H-pyrrole nitrogens is 1. The lowest BCUT2D eigenvalue weighted by molar-refractivity contribution is 1.31. The van der Waals surface area contributed by atoms with Crippen molar-refractivity contribution in [2.24, 2.45) is 0 Å². The molecule has 0 amide bonds. The molecule has 0 spiro atoms. The number of fused-ring (bicyclic) bond motifs is 6. The average Bonchev–Trinajstić information content (AvgIpc) is 3.33. The van der Waals surface area contributed by atoms with Crippen molar-refractivity contribution in [1.29, 1.82) is 0 Å². The Morgan fingerprint density at radius 2 is 1.38 bits per heavy atom. The molecule has 0 bridgehead atoms. The summed E-state index contributed by atoms with van der Waals surface area (Å²) in [5.74, 6) is 0. The second kappa shape index (κ2) is 6.20. The lowest BCUT2D eigenvalue weighted by atomic mass is 10.1. The molecule has 124 valence electrons. The zero-order chi connectivity index (χ0) is 17.3. The monoisotopic (exact) mass is 333 g/mol. The molecule has 1 nitrogen and oxygen atoms in total. The minimum absolute atomic E-state index is 1.12. The lowest BCUT2D eigenvalue weighted by Gasteiger charge is -1.98. The first-order valence-corrected chi connectivity index (χ1v) is 9.03. The molecule has 1 heterocycles. The van der Waals surface area contributed by atoms with Gasteiger partial charge in [0.1, 0.15) is 0 Å². The molecular formula is C25H19N. The Hall–Kier alpha value is -3.32. The number of allylic oxidation sites excluding steroid dienone is 1. The molecule has 0 saturated heterocycles. The second-order valence-corrected chi connectivity index (χ2v) is 6.69. The molecule has 0 aliphatic heterocycles. The minimum atomic E-state index is 1.12. The van der Waals surface area contributed by atoms with E-state index in [-0.39, 0.29) is 0 Å². The van der Waals surface area contributed by atoms with E-state index in [0.717, 1.165) is 6.42 Å². The topological polar surface area (TPSA) is 15.8 Å². The van der Waals surface area contributed by atoms with Crippen molar-refractivity contribution in [3.63, 3.8) is 0 Å². The Morgan fingerprint density at radius 3 is 2.31 bits per heavy atom. The van der Waals surface area contributed by atoms with Crippen molar-refractivity contribution in [3.8, 4) is 0 Å². The molecule has 5 aromatic rings. The van der Waals surface area contributed by atoms with Gasteiger partial charge in [0.2, 0.25) is 0 Å². The van der Waals surface area contributed by atoms with Crippen molar-refractivity contribution in [2.75, 3.05) is 0 Å². The normalized spacial score (nSPS) is 12.3. The Kier molecular flexibility index (Phi) is 3.57. The van der Waals surface area contributed by atoms with E-state index in [4.69, 9.17) is 0 Å². The molecule has 0 radical (unpaired) electrons.